The fourth-order valence-electron chi connectivity index (χ4n) is 0.222. The van der Waals surface area contributed by atoms with Crippen molar-refractivity contribution >= 4 is 22.5 Å². The van der Waals surface area contributed by atoms with E-state index in [1.54, 1.807) is 0 Å². The van der Waals surface area contributed by atoms with Crippen LogP contribution in [0, 0.1) is 0 Å². The third-order valence-corrected chi connectivity index (χ3v) is 2.01. The van der Waals surface area contributed by atoms with Crippen LogP contribution in [-0.4, -0.2) is 17.4 Å². The van der Waals surface area contributed by atoms with Crippen LogP contribution in [0.4, 0.5) is 30.7 Å². The lowest BCUT2D eigenvalue weighted by molar-refractivity contribution is -0.329. The molecule has 0 N–H and O–H groups in total. The molecule has 0 atom stereocenters. The summed E-state index contributed by atoms with van der Waals surface area (Å²) in [4.78, 5) is 0. The molecule has 0 amide bonds. The van der Waals surface area contributed by atoms with Gasteiger partial charge in [-0.3, -0.25) is 0 Å². The fraction of sp³-hybridized carbons (Fsp3) is 1.00. The number of halogens is 7. The first kappa shape index (κ1) is 12.2. The normalized spacial score (nSPS) is 15.0. The first-order valence-electron chi connectivity index (χ1n) is 2.21. The Kier molecular flexibility index (Phi) is 3.22. The summed E-state index contributed by atoms with van der Waals surface area (Å²) in [5, 5.41) is -5.26. The Morgan fingerprint density at radius 3 is 1.25 bits per heavy atom. The van der Waals surface area contributed by atoms with Crippen LogP contribution in [0.5, 0.6) is 0 Å². The van der Waals surface area contributed by atoms with Crippen molar-refractivity contribution in [3.63, 3.8) is 0 Å². The van der Waals surface area contributed by atoms with Crippen molar-refractivity contribution < 1.29 is 30.7 Å². The van der Waals surface area contributed by atoms with Crippen molar-refractivity contribution in [2.45, 2.75) is 17.4 Å². The molecular weight excluding hydrogens is 233 g/mol. The highest BCUT2D eigenvalue weighted by Crippen LogP contribution is 2.52. The fourth-order valence-corrected chi connectivity index (χ4v) is 0.797. The summed E-state index contributed by atoms with van der Waals surface area (Å²) in [5.74, 6) is -6.06. The molecule has 0 nitrogen and oxygen atoms in total. The van der Waals surface area contributed by atoms with Crippen LogP contribution in [0.25, 0.3) is 0 Å². The van der Waals surface area contributed by atoms with Gasteiger partial charge in [-0.15, -0.1) is 11.7 Å². The van der Waals surface area contributed by atoms with Gasteiger partial charge in [0.15, 0.2) is 0 Å². The summed E-state index contributed by atoms with van der Waals surface area (Å²) in [5.41, 5.74) is 0. The minimum absolute atomic E-state index is 1.15. The first-order valence-corrected chi connectivity index (χ1v) is 4.08. The number of thiol groups is 1. The SMILES string of the molecule is FC(F)(F)C(F)(F)C(F)(F)SS. The van der Waals surface area contributed by atoms with Gasteiger partial charge >= 0.3 is 17.4 Å². The summed E-state index contributed by atoms with van der Waals surface area (Å²) < 4.78 is 80.9. The van der Waals surface area contributed by atoms with Gasteiger partial charge in [-0.1, -0.05) is 0 Å². The van der Waals surface area contributed by atoms with Gasteiger partial charge in [0.1, 0.15) is 0 Å². The number of rotatable bonds is 2. The van der Waals surface area contributed by atoms with E-state index in [-0.39, 0.29) is 0 Å². The van der Waals surface area contributed by atoms with E-state index in [9.17, 15) is 30.7 Å². The van der Waals surface area contributed by atoms with Crippen LogP contribution in [-0.2, 0) is 0 Å². The summed E-state index contributed by atoms with van der Waals surface area (Å²) in [7, 11) is -1.15. The standard InChI is InChI=1S/C3HF7S2/c4-1(5,2(6,7)8)3(9,10)12-11/h11H. The van der Waals surface area contributed by atoms with Crippen LogP contribution in [0.1, 0.15) is 0 Å². The second-order valence-electron chi connectivity index (χ2n) is 1.68. The average Bonchev–Trinajstić information content (AvgIpc) is 1.85. The monoisotopic (exact) mass is 234 g/mol. The zero-order valence-electron chi connectivity index (χ0n) is 5.00. The second-order valence-corrected chi connectivity index (χ2v) is 2.92. The smallest absolute Gasteiger partial charge is 0.188 e. The van der Waals surface area contributed by atoms with E-state index < -0.39 is 28.1 Å². The zero-order chi connectivity index (χ0) is 10.2. The molecule has 0 radical (unpaired) electrons. The second kappa shape index (κ2) is 3.17. The Balaban J connectivity index is 4.85. The predicted molar refractivity (Wildman–Crippen MR) is 32.5 cm³/mol. The van der Waals surface area contributed by atoms with E-state index in [0.717, 1.165) is 0 Å². The summed E-state index contributed by atoms with van der Waals surface area (Å²) in [6.45, 7) is 0. The van der Waals surface area contributed by atoms with Gasteiger partial charge in [0, 0.05) is 0 Å². The van der Waals surface area contributed by atoms with Crippen LogP contribution in [0.3, 0.4) is 0 Å². The lowest BCUT2D eigenvalue weighted by atomic mass is 10.3. The number of hydrogen-bond acceptors (Lipinski definition) is 2. The highest BCUT2D eigenvalue weighted by Gasteiger charge is 2.73. The molecule has 0 heterocycles. The minimum Gasteiger partial charge on any atom is -0.188 e. The van der Waals surface area contributed by atoms with E-state index in [1.807, 2.05) is 0 Å². The Morgan fingerprint density at radius 1 is 0.833 bits per heavy atom. The molecule has 0 bridgehead atoms. The number of alkyl halides is 7. The number of hydrogen-bond donors (Lipinski definition) is 1. The molecule has 0 aliphatic heterocycles. The first-order chi connectivity index (χ1) is 5.06. The van der Waals surface area contributed by atoms with E-state index in [2.05, 4.69) is 11.7 Å². The molecule has 74 valence electrons. The van der Waals surface area contributed by atoms with Crippen molar-refractivity contribution in [2.75, 3.05) is 0 Å². The van der Waals surface area contributed by atoms with Crippen molar-refractivity contribution in [3.8, 4) is 0 Å². The van der Waals surface area contributed by atoms with E-state index in [0.29, 0.717) is 0 Å². The largest absolute Gasteiger partial charge is 0.460 e. The van der Waals surface area contributed by atoms with Crippen molar-refractivity contribution in [2.24, 2.45) is 0 Å². The third-order valence-electron chi connectivity index (χ3n) is 0.836. The molecular formula is C3HF7S2. The molecule has 12 heavy (non-hydrogen) atoms. The van der Waals surface area contributed by atoms with Gasteiger partial charge in [0.05, 0.1) is 0 Å². The Bertz CT molecular complexity index is 161. The zero-order valence-corrected chi connectivity index (χ0v) is 6.71. The molecule has 0 aromatic heterocycles. The quantitative estimate of drug-likeness (QED) is 0.434. The highest BCUT2D eigenvalue weighted by molar-refractivity contribution is 8.69. The van der Waals surface area contributed by atoms with Gasteiger partial charge < -0.3 is 0 Å². The van der Waals surface area contributed by atoms with Gasteiger partial charge in [-0.05, 0) is 10.8 Å². The van der Waals surface area contributed by atoms with Crippen LogP contribution >= 0.6 is 22.5 Å². The van der Waals surface area contributed by atoms with Crippen LogP contribution < -0.4 is 0 Å². The van der Waals surface area contributed by atoms with Crippen LogP contribution in [0.2, 0.25) is 0 Å². The molecule has 0 aliphatic carbocycles. The third kappa shape index (κ3) is 1.93. The maximum Gasteiger partial charge on any atom is 0.460 e. The van der Waals surface area contributed by atoms with Gasteiger partial charge in [-0.25, -0.2) is 0 Å². The molecule has 0 unspecified atom stereocenters. The molecule has 0 rings (SSSR count). The molecule has 0 aromatic carbocycles. The van der Waals surface area contributed by atoms with Crippen molar-refractivity contribution in [3.05, 3.63) is 0 Å². The molecule has 0 spiro atoms. The lowest BCUT2D eigenvalue weighted by Crippen LogP contribution is -2.49. The lowest BCUT2D eigenvalue weighted by Gasteiger charge is -2.25. The molecule has 0 aliphatic rings. The molecule has 0 saturated carbocycles. The Hall–Kier alpha value is 0.210. The molecule has 0 fully saturated rings. The van der Waals surface area contributed by atoms with E-state index in [4.69, 9.17) is 0 Å². The predicted octanol–water partition coefficient (Wildman–Crippen LogP) is 3.35. The summed E-state index contributed by atoms with van der Waals surface area (Å²) >= 11 is 2.61. The van der Waals surface area contributed by atoms with Crippen molar-refractivity contribution in [1.29, 1.82) is 0 Å². The molecule has 0 saturated heterocycles. The topological polar surface area (TPSA) is 0 Å². The van der Waals surface area contributed by atoms with E-state index >= 15 is 0 Å². The maximum atomic E-state index is 11.8. The van der Waals surface area contributed by atoms with E-state index in [1.165, 1.54) is 0 Å². The van der Waals surface area contributed by atoms with Crippen molar-refractivity contribution in [1.82, 2.24) is 0 Å². The van der Waals surface area contributed by atoms with Gasteiger partial charge in [0.2, 0.25) is 0 Å². The molecule has 9 heteroatoms. The molecule has 0 aromatic rings. The summed E-state index contributed by atoms with van der Waals surface area (Å²) in [6.07, 6.45) is -6.27. The maximum absolute atomic E-state index is 11.8. The highest BCUT2D eigenvalue weighted by atomic mass is 33.1. The van der Waals surface area contributed by atoms with Gasteiger partial charge in [0.25, 0.3) is 0 Å². The van der Waals surface area contributed by atoms with Crippen LogP contribution in [0.15, 0.2) is 0 Å². The minimum atomic E-state index is -6.27. The summed E-state index contributed by atoms with van der Waals surface area (Å²) in [6, 6.07) is 0. The average molecular weight is 234 g/mol. The Labute approximate surface area is 71.3 Å². The Morgan fingerprint density at radius 2 is 1.17 bits per heavy atom. The van der Waals surface area contributed by atoms with Gasteiger partial charge in [-0.2, -0.15) is 30.7 Å².